The summed E-state index contributed by atoms with van der Waals surface area (Å²) in [6, 6.07) is 9.15. The molecule has 0 aliphatic heterocycles. The lowest BCUT2D eigenvalue weighted by atomic mass is 10.2. The van der Waals surface area contributed by atoms with Gasteiger partial charge in [0.15, 0.2) is 0 Å². The highest BCUT2D eigenvalue weighted by molar-refractivity contribution is 7.84. The van der Waals surface area contributed by atoms with Gasteiger partial charge < -0.3 is 5.73 Å². The molecule has 2 N–H and O–H groups in total. The fourth-order valence-corrected chi connectivity index (χ4v) is 2.06. The van der Waals surface area contributed by atoms with Crippen LogP contribution in [-0.2, 0) is 17.3 Å². The summed E-state index contributed by atoms with van der Waals surface area (Å²) in [6.07, 6.45) is 3.34. The van der Waals surface area contributed by atoms with E-state index in [9.17, 15) is 4.21 Å². The number of nitrogens with zero attached hydrogens (tertiary/aromatic N) is 2. The van der Waals surface area contributed by atoms with Crippen molar-refractivity contribution in [3.63, 3.8) is 0 Å². The molecule has 2 rings (SSSR count). The first-order chi connectivity index (χ1) is 8.20. The Balaban J connectivity index is 2.54. The molecule has 0 aliphatic rings. The average Bonchev–Trinajstić information content (AvgIpc) is 2.39. The molecule has 2 aromatic heterocycles. The minimum atomic E-state index is -1.05. The van der Waals surface area contributed by atoms with Gasteiger partial charge in [-0.1, -0.05) is 6.07 Å². The van der Waals surface area contributed by atoms with Crippen LogP contribution in [0.1, 0.15) is 5.69 Å². The maximum absolute atomic E-state index is 11.5. The van der Waals surface area contributed by atoms with Gasteiger partial charge >= 0.3 is 0 Å². The molecular weight excluding hydrogens is 234 g/mol. The standard InChI is InChI=1S/C12H13N3OS/c1-17(16)10-6-9(8-13)15-12(7-10)11-4-2-3-5-14-11/h2-7H,8,13H2,1H3. The van der Waals surface area contributed by atoms with Crippen molar-refractivity contribution in [2.24, 2.45) is 5.73 Å². The molecule has 5 heteroatoms. The fraction of sp³-hybridized carbons (Fsp3) is 0.167. The Labute approximate surface area is 102 Å². The van der Waals surface area contributed by atoms with E-state index in [-0.39, 0.29) is 0 Å². The molecule has 0 saturated carbocycles. The highest BCUT2D eigenvalue weighted by Gasteiger charge is 2.07. The van der Waals surface area contributed by atoms with E-state index < -0.39 is 10.8 Å². The highest BCUT2D eigenvalue weighted by atomic mass is 32.2. The molecule has 2 heterocycles. The van der Waals surface area contributed by atoms with Crippen LogP contribution in [-0.4, -0.2) is 20.4 Å². The monoisotopic (exact) mass is 247 g/mol. The van der Waals surface area contributed by atoms with Crippen LogP contribution >= 0.6 is 0 Å². The van der Waals surface area contributed by atoms with Gasteiger partial charge in [0, 0.05) is 34.7 Å². The van der Waals surface area contributed by atoms with E-state index >= 15 is 0 Å². The molecule has 17 heavy (non-hydrogen) atoms. The molecule has 0 amide bonds. The maximum Gasteiger partial charge on any atom is 0.0902 e. The molecular formula is C12H13N3OS. The zero-order chi connectivity index (χ0) is 12.3. The minimum absolute atomic E-state index is 0.324. The first-order valence-corrected chi connectivity index (χ1v) is 6.72. The molecule has 88 valence electrons. The average molecular weight is 247 g/mol. The zero-order valence-corrected chi connectivity index (χ0v) is 10.3. The first-order valence-electron chi connectivity index (χ1n) is 5.16. The largest absolute Gasteiger partial charge is 0.325 e. The van der Waals surface area contributed by atoms with Gasteiger partial charge in [-0.15, -0.1) is 0 Å². The Morgan fingerprint density at radius 2 is 2.12 bits per heavy atom. The van der Waals surface area contributed by atoms with E-state index in [1.165, 1.54) is 0 Å². The van der Waals surface area contributed by atoms with E-state index in [0.29, 0.717) is 12.2 Å². The summed E-state index contributed by atoms with van der Waals surface area (Å²) in [4.78, 5) is 9.33. The topological polar surface area (TPSA) is 68.9 Å². The molecule has 1 atom stereocenters. The van der Waals surface area contributed by atoms with E-state index in [0.717, 1.165) is 16.3 Å². The lowest BCUT2D eigenvalue weighted by Crippen LogP contribution is -2.03. The van der Waals surface area contributed by atoms with Crippen molar-refractivity contribution in [3.05, 3.63) is 42.2 Å². The highest BCUT2D eigenvalue weighted by Crippen LogP contribution is 2.18. The molecule has 0 aromatic carbocycles. The third-order valence-electron chi connectivity index (χ3n) is 2.32. The van der Waals surface area contributed by atoms with Crippen LogP contribution in [0, 0.1) is 0 Å². The molecule has 4 nitrogen and oxygen atoms in total. The molecule has 0 spiro atoms. The van der Waals surface area contributed by atoms with Crippen molar-refractivity contribution in [3.8, 4) is 11.4 Å². The summed E-state index contributed by atoms with van der Waals surface area (Å²) in [6.45, 7) is 0.324. The molecule has 1 unspecified atom stereocenters. The third-order valence-corrected chi connectivity index (χ3v) is 3.22. The molecule has 0 fully saturated rings. The minimum Gasteiger partial charge on any atom is -0.325 e. The predicted octanol–water partition coefficient (Wildman–Crippen LogP) is 1.34. The summed E-state index contributed by atoms with van der Waals surface area (Å²) < 4.78 is 11.5. The van der Waals surface area contributed by atoms with Gasteiger partial charge in [-0.2, -0.15) is 0 Å². The lowest BCUT2D eigenvalue weighted by molar-refractivity contribution is 0.686. The summed E-state index contributed by atoms with van der Waals surface area (Å²) in [7, 11) is -1.05. The molecule has 0 bridgehead atoms. The molecule has 2 aromatic rings. The SMILES string of the molecule is CS(=O)c1cc(CN)nc(-c2ccccn2)c1. The molecule has 0 saturated heterocycles. The maximum atomic E-state index is 11.5. The Kier molecular flexibility index (Phi) is 3.61. The van der Waals surface area contributed by atoms with Gasteiger partial charge in [-0.3, -0.25) is 9.19 Å². The Bertz CT molecular complexity index is 543. The fourth-order valence-electron chi connectivity index (χ4n) is 1.48. The number of pyridine rings is 2. The lowest BCUT2D eigenvalue weighted by Gasteiger charge is -2.05. The van der Waals surface area contributed by atoms with E-state index in [1.54, 1.807) is 24.6 Å². The second-order valence-electron chi connectivity index (χ2n) is 3.55. The Hall–Kier alpha value is -1.59. The number of hydrogen-bond donors (Lipinski definition) is 1. The second-order valence-corrected chi connectivity index (χ2v) is 4.93. The van der Waals surface area contributed by atoms with Gasteiger partial charge in [0.1, 0.15) is 0 Å². The predicted molar refractivity (Wildman–Crippen MR) is 67.7 cm³/mol. The summed E-state index contributed by atoms with van der Waals surface area (Å²) >= 11 is 0. The quantitative estimate of drug-likeness (QED) is 0.888. The van der Waals surface area contributed by atoms with Gasteiger partial charge in [0.05, 0.1) is 17.1 Å². The van der Waals surface area contributed by atoms with Crippen molar-refractivity contribution < 1.29 is 4.21 Å². The van der Waals surface area contributed by atoms with Crippen LogP contribution in [0.2, 0.25) is 0 Å². The summed E-state index contributed by atoms with van der Waals surface area (Å²) in [5, 5.41) is 0. The summed E-state index contributed by atoms with van der Waals surface area (Å²) in [5.41, 5.74) is 7.77. The van der Waals surface area contributed by atoms with E-state index in [2.05, 4.69) is 9.97 Å². The van der Waals surface area contributed by atoms with Gasteiger partial charge in [-0.05, 0) is 24.3 Å². The van der Waals surface area contributed by atoms with Crippen LogP contribution in [0.3, 0.4) is 0 Å². The zero-order valence-electron chi connectivity index (χ0n) is 9.46. The summed E-state index contributed by atoms with van der Waals surface area (Å²) in [5.74, 6) is 0. The number of aromatic nitrogens is 2. The van der Waals surface area contributed by atoms with Crippen LogP contribution < -0.4 is 5.73 Å². The van der Waals surface area contributed by atoms with Gasteiger partial charge in [-0.25, -0.2) is 4.98 Å². The first kappa shape index (κ1) is 11.9. The number of rotatable bonds is 3. The number of nitrogens with two attached hydrogens (primary N) is 1. The van der Waals surface area contributed by atoms with Crippen LogP contribution in [0.4, 0.5) is 0 Å². The van der Waals surface area contributed by atoms with Crippen molar-refractivity contribution in [2.45, 2.75) is 11.4 Å². The van der Waals surface area contributed by atoms with E-state index in [1.807, 2.05) is 18.2 Å². The Morgan fingerprint density at radius 1 is 1.29 bits per heavy atom. The molecule has 0 aliphatic carbocycles. The van der Waals surface area contributed by atoms with Crippen molar-refractivity contribution in [2.75, 3.05) is 6.26 Å². The second kappa shape index (κ2) is 5.16. The van der Waals surface area contributed by atoms with Gasteiger partial charge in [0.2, 0.25) is 0 Å². The number of hydrogen-bond acceptors (Lipinski definition) is 4. The van der Waals surface area contributed by atoms with Crippen LogP contribution in [0.5, 0.6) is 0 Å². The van der Waals surface area contributed by atoms with Crippen molar-refractivity contribution >= 4 is 10.8 Å². The molecule has 0 radical (unpaired) electrons. The van der Waals surface area contributed by atoms with Gasteiger partial charge in [0.25, 0.3) is 0 Å². The van der Waals surface area contributed by atoms with Crippen molar-refractivity contribution in [1.82, 2.24) is 9.97 Å². The van der Waals surface area contributed by atoms with E-state index in [4.69, 9.17) is 5.73 Å². The third kappa shape index (κ3) is 2.75. The Morgan fingerprint density at radius 3 is 2.71 bits per heavy atom. The van der Waals surface area contributed by atoms with Crippen molar-refractivity contribution in [1.29, 1.82) is 0 Å². The normalized spacial score (nSPS) is 12.4. The smallest absolute Gasteiger partial charge is 0.0902 e. The van der Waals surface area contributed by atoms with Crippen LogP contribution in [0.15, 0.2) is 41.4 Å². The van der Waals surface area contributed by atoms with Crippen LogP contribution in [0.25, 0.3) is 11.4 Å².